The summed E-state index contributed by atoms with van der Waals surface area (Å²) in [7, 11) is 1.62. The number of aliphatic carboxylic acids is 1. The fourth-order valence-electron chi connectivity index (χ4n) is 1.79. The largest absolute Gasteiger partial charge is 0.475 e. The van der Waals surface area contributed by atoms with Crippen LogP contribution in [0, 0.1) is 0 Å². The first-order valence-electron chi connectivity index (χ1n) is 5.02. The molecular formula is C12H12O4. The van der Waals surface area contributed by atoms with Crippen molar-refractivity contribution < 1.29 is 19.4 Å². The summed E-state index contributed by atoms with van der Waals surface area (Å²) in [5.41, 5.74) is 0.782. The standard InChI is InChI=1S/C12H12O4/c1-16-12(5-6-12)9-4-2-3-8(7-9)10(13)11(14)15/h2-4,7H,5-6H2,1H3,(H,14,15). The molecule has 0 unspecified atom stereocenters. The van der Waals surface area contributed by atoms with Crippen molar-refractivity contribution in [2.45, 2.75) is 18.4 Å². The molecule has 0 amide bonds. The van der Waals surface area contributed by atoms with Crippen molar-refractivity contribution >= 4 is 11.8 Å². The molecule has 0 atom stereocenters. The predicted octanol–water partition coefficient (Wildman–Crippen LogP) is 1.59. The monoisotopic (exact) mass is 220 g/mol. The van der Waals surface area contributed by atoms with Gasteiger partial charge in [0.1, 0.15) is 0 Å². The zero-order chi connectivity index (χ0) is 11.8. The molecule has 1 aromatic carbocycles. The molecule has 0 aliphatic heterocycles. The van der Waals surface area contributed by atoms with Crippen LogP contribution in [0.2, 0.25) is 0 Å². The van der Waals surface area contributed by atoms with Crippen molar-refractivity contribution in [2.75, 3.05) is 7.11 Å². The van der Waals surface area contributed by atoms with Gasteiger partial charge in [-0.25, -0.2) is 4.79 Å². The normalized spacial score (nSPS) is 16.8. The third-order valence-electron chi connectivity index (χ3n) is 2.94. The molecule has 1 aromatic rings. The fourth-order valence-corrected chi connectivity index (χ4v) is 1.79. The first-order chi connectivity index (χ1) is 7.59. The molecule has 0 bridgehead atoms. The van der Waals surface area contributed by atoms with E-state index in [1.54, 1.807) is 19.2 Å². The first-order valence-corrected chi connectivity index (χ1v) is 5.02. The van der Waals surface area contributed by atoms with E-state index in [0.717, 1.165) is 18.4 Å². The Kier molecular flexibility index (Phi) is 2.52. The molecule has 1 fully saturated rings. The molecule has 0 radical (unpaired) electrons. The van der Waals surface area contributed by atoms with Crippen molar-refractivity contribution in [1.82, 2.24) is 0 Å². The number of carboxylic acids is 1. The number of methoxy groups -OCH3 is 1. The molecule has 0 saturated heterocycles. The fraction of sp³-hybridized carbons (Fsp3) is 0.333. The number of benzene rings is 1. The summed E-state index contributed by atoms with van der Waals surface area (Å²) >= 11 is 0. The maximum Gasteiger partial charge on any atom is 0.377 e. The Hall–Kier alpha value is -1.68. The van der Waals surface area contributed by atoms with Gasteiger partial charge in [0, 0.05) is 12.7 Å². The highest BCUT2D eigenvalue weighted by molar-refractivity contribution is 6.39. The number of ether oxygens (including phenoxy) is 1. The number of carbonyl (C=O) groups excluding carboxylic acids is 1. The molecule has 4 nitrogen and oxygen atoms in total. The van der Waals surface area contributed by atoms with E-state index in [1.807, 2.05) is 6.07 Å². The first kappa shape index (κ1) is 10.8. The second-order valence-corrected chi connectivity index (χ2v) is 3.91. The number of hydrogen-bond donors (Lipinski definition) is 1. The summed E-state index contributed by atoms with van der Waals surface area (Å²) in [5, 5.41) is 8.62. The zero-order valence-corrected chi connectivity index (χ0v) is 8.90. The van der Waals surface area contributed by atoms with Crippen molar-refractivity contribution in [2.24, 2.45) is 0 Å². The maximum absolute atomic E-state index is 11.3. The summed E-state index contributed by atoms with van der Waals surface area (Å²) in [6.45, 7) is 0. The zero-order valence-electron chi connectivity index (χ0n) is 8.90. The summed E-state index contributed by atoms with van der Waals surface area (Å²) in [5.74, 6) is -2.31. The van der Waals surface area contributed by atoms with E-state index in [4.69, 9.17) is 9.84 Å². The molecule has 2 rings (SSSR count). The third kappa shape index (κ3) is 1.72. The smallest absolute Gasteiger partial charge is 0.377 e. The van der Waals surface area contributed by atoms with Gasteiger partial charge >= 0.3 is 5.97 Å². The van der Waals surface area contributed by atoms with Gasteiger partial charge in [0.05, 0.1) is 5.60 Å². The van der Waals surface area contributed by atoms with Gasteiger partial charge in [0.2, 0.25) is 0 Å². The van der Waals surface area contributed by atoms with E-state index >= 15 is 0 Å². The van der Waals surface area contributed by atoms with Crippen molar-refractivity contribution in [3.8, 4) is 0 Å². The van der Waals surface area contributed by atoms with E-state index in [-0.39, 0.29) is 11.2 Å². The van der Waals surface area contributed by atoms with E-state index in [2.05, 4.69) is 0 Å². The molecule has 0 spiro atoms. The lowest BCUT2D eigenvalue weighted by atomic mass is 10.0. The van der Waals surface area contributed by atoms with E-state index in [9.17, 15) is 9.59 Å². The molecular weight excluding hydrogens is 208 g/mol. The highest BCUT2D eigenvalue weighted by Gasteiger charge is 2.44. The average Bonchev–Trinajstić information content (AvgIpc) is 3.09. The molecule has 84 valence electrons. The van der Waals surface area contributed by atoms with Crippen LogP contribution in [0.25, 0.3) is 0 Å². The minimum absolute atomic E-state index is 0.202. The van der Waals surface area contributed by atoms with Gasteiger partial charge in [-0.3, -0.25) is 4.79 Å². The highest BCUT2D eigenvalue weighted by Crippen LogP contribution is 2.48. The van der Waals surface area contributed by atoms with Gasteiger partial charge in [0.15, 0.2) is 0 Å². The number of Topliss-reactive ketones (excluding diaryl/α,β-unsaturated/α-hetero) is 1. The number of ketones is 1. The molecule has 1 aliphatic carbocycles. The molecule has 4 heteroatoms. The molecule has 1 aliphatic rings. The van der Waals surface area contributed by atoms with E-state index in [1.165, 1.54) is 6.07 Å². The van der Waals surface area contributed by atoms with Crippen LogP contribution in [0.4, 0.5) is 0 Å². The van der Waals surface area contributed by atoms with Crippen molar-refractivity contribution in [3.05, 3.63) is 35.4 Å². The van der Waals surface area contributed by atoms with Crippen molar-refractivity contribution in [1.29, 1.82) is 0 Å². The topological polar surface area (TPSA) is 63.6 Å². The Morgan fingerprint density at radius 1 is 1.38 bits per heavy atom. The second-order valence-electron chi connectivity index (χ2n) is 3.91. The Morgan fingerprint density at radius 3 is 2.56 bits per heavy atom. The van der Waals surface area contributed by atoms with Gasteiger partial charge in [-0.2, -0.15) is 0 Å². The minimum Gasteiger partial charge on any atom is -0.475 e. The van der Waals surface area contributed by atoms with Crippen LogP contribution < -0.4 is 0 Å². The number of rotatable bonds is 4. The van der Waals surface area contributed by atoms with Gasteiger partial charge in [-0.1, -0.05) is 18.2 Å². The Morgan fingerprint density at radius 2 is 2.06 bits per heavy atom. The Labute approximate surface area is 92.8 Å². The van der Waals surface area contributed by atoms with Gasteiger partial charge < -0.3 is 9.84 Å². The lowest BCUT2D eigenvalue weighted by molar-refractivity contribution is -0.131. The summed E-state index contributed by atoms with van der Waals surface area (Å²) in [4.78, 5) is 21.9. The van der Waals surface area contributed by atoms with Crippen LogP contribution >= 0.6 is 0 Å². The maximum atomic E-state index is 11.3. The van der Waals surface area contributed by atoms with Crippen LogP contribution in [-0.4, -0.2) is 24.0 Å². The third-order valence-corrected chi connectivity index (χ3v) is 2.94. The molecule has 0 aromatic heterocycles. The van der Waals surface area contributed by atoms with Gasteiger partial charge in [-0.05, 0) is 24.5 Å². The van der Waals surface area contributed by atoms with Crippen LogP contribution in [-0.2, 0) is 15.1 Å². The lowest BCUT2D eigenvalue weighted by Crippen LogP contribution is -2.15. The lowest BCUT2D eigenvalue weighted by Gasteiger charge is -2.13. The van der Waals surface area contributed by atoms with Gasteiger partial charge in [-0.15, -0.1) is 0 Å². The minimum atomic E-state index is -1.43. The number of carbonyl (C=O) groups is 2. The molecule has 16 heavy (non-hydrogen) atoms. The molecule has 0 heterocycles. The van der Waals surface area contributed by atoms with E-state index < -0.39 is 11.8 Å². The van der Waals surface area contributed by atoms with E-state index in [0.29, 0.717) is 0 Å². The second kappa shape index (κ2) is 3.72. The molecule has 1 N–H and O–H groups in total. The number of hydrogen-bond acceptors (Lipinski definition) is 3. The summed E-state index contributed by atoms with van der Waals surface area (Å²) < 4.78 is 5.37. The average molecular weight is 220 g/mol. The Bertz CT molecular complexity index is 446. The van der Waals surface area contributed by atoms with Gasteiger partial charge in [0.25, 0.3) is 5.78 Å². The van der Waals surface area contributed by atoms with Crippen LogP contribution in [0.5, 0.6) is 0 Å². The van der Waals surface area contributed by atoms with Crippen LogP contribution in [0.3, 0.4) is 0 Å². The molecule has 1 saturated carbocycles. The Balaban J connectivity index is 2.34. The summed E-state index contributed by atoms with van der Waals surface area (Å²) in [6, 6.07) is 6.65. The quantitative estimate of drug-likeness (QED) is 0.618. The summed E-state index contributed by atoms with van der Waals surface area (Å²) in [6.07, 6.45) is 1.82. The highest BCUT2D eigenvalue weighted by atomic mass is 16.5. The van der Waals surface area contributed by atoms with Crippen LogP contribution in [0.1, 0.15) is 28.8 Å². The predicted molar refractivity (Wildman–Crippen MR) is 56.3 cm³/mol. The van der Waals surface area contributed by atoms with Crippen molar-refractivity contribution in [3.63, 3.8) is 0 Å². The van der Waals surface area contributed by atoms with Crippen LogP contribution in [0.15, 0.2) is 24.3 Å². The number of carboxylic acid groups (broad SMARTS) is 1. The SMILES string of the molecule is COC1(c2cccc(C(=O)C(=O)O)c2)CC1.